The van der Waals surface area contributed by atoms with Gasteiger partial charge in [0.1, 0.15) is 5.82 Å². The first kappa shape index (κ1) is 16.3. The Morgan fingerprint density at radius 2 is 1.96 bits per heavy atom. The molecule has 1 saturated heterocycles. The largest absolute Gasteiger partial charge is 0.368 e. The van der Waals surface area contributed by atoms with Gasteiger partial charge in [0.25, 0.3) is 0 Å². The molecule has 1 aliphatic heterocycles. The summed E-state index contributed by atoms with van der Waals surface area (Å²) in [6.07, 6.45) is 9.45. The predicted molar refractivity (Wildman–Crippen MR) is 98.2 cm³/mol. The quantitative estimate of drug-likeness (QED) is 0.860. The SMILES string of the molecule is Nc1nc(C2CC(N)C2)cc(N2CCC(CCn3cccn3)CC2)n1. The maximum atomic E-state index is 5.96. The fraction of sp³-hybridized carbons (Fsp3) is 0.611. The molecule has 25 heavy (non-hydrogen) atoms. The molecule has 2 aromatic heterocycles. The number of hydrogen-bond acceptors (Lipinski definition) is 6. The van der Waals surface area contributed by atoms with Gasteiger partial charge in [0.15, 0.2) is 0 Å². The highest BCUT2D eigenvalue weighted by Gasteiger charge is 2.30. The molecule has 0 bridgehead atoms. The van der Waals surface area contributed by atoms with Crippen LogP contribution in [0.1, 0.15) is 43.7 Å². The van der Waals surface area contributed by atoms with Crippen LogP contribution in [0, 0.1) is 5.92 Å². The van der Waals surface area contributed by atoms with Gasteiger partial charge in [-0.3, -0.25) is 4.68 Å². The van der Waals surface area contributed by atoms with Crippen molar-refractivity contribution >= 4 is 11.8 Å². The lowest BCUT2D eigenvalue weighted by atomic mass is 9.78. The number of aromatic nitrogens is 4. The summed E-state index contributed by atoms with van der Waals surface area (Å²) in [5.41, 5.74) is 12.9. The molecule has 7 heteroatoms. The minimum absolute atomic E-state index is 0.315. The van der Waals surface area contributed by atoms with E-state index < -0.39 is 0 Å². The van der Waals surface area contributed by atoms with E-state index in [1.807, 2.05) is 23.1 Å². The van der Waals surface area contributed by atoms with E-state index in [9.17, 15) is 0 Å². The predicted octanol–water partition coefficient (Wildman–Crippen LogP) is 1.77. The summed E-state index contributed by atoms with van der Waals surface area (Å²) in [7, 11) is 0. The molecule has 2 aliphatic rings. The lowest BCUT2D eigenvalue weighted by molar-refractivity contribution is 0.343. The van der Waals surface area contributed by atoms with Crippen LogP contribution >= 0.6 is 0 Å². The van der Waals surface area contributed by atoms with Crippen LogP contribution in [0.5, 0.6) is 0 Å². The smallest absolute Gasteiger partial charge is 0.222 e. The summed E-state index contributed by atoms with van der Waals surface area (Å²) in [5.74, 6) is 2.57. The molecule has 0 spiro atoms. The first-order valence-corrected chi connectivity index (χ1v) is 9.30. The van der Waals surface area contributed by atoms with Gasteiger partial charge in [-0.1, -0.05) is 0 Å². The van der Waals surface area contributed by atoms with Crippen molar-refractivity contribution in [3.63, 3.8) is 0 Å². The van der Waals surface area contributed by atoms with Crippen LogP contribution in [-0.4, -0.2) is 38.9 Å². The Morgan fingerprint density at radius 1 is 1.16 bits per heavy atom. The van der Waals surface area contributed by atoms with Crippen molar-refractivity contribution in [3.05, 3.63) is 30.2 Å². The van der Waals surface area contributed by atoms with Crippen molar-refractivity contribution in [1.82, 2.24) is 19.7 Å². The molecular formula is C18H27N7. The average molecular weight is 341 g/mol. The Labute approximate surface area is 148 Å². The molecule has 0 atom stereocenters. The van der Waals surface area contributed by atoms with Gasteiger partial charge >= 0.3 is 0 Å². The van der Waals surface area contributed by atoms with Crippen LogP contribution < -0.4 is 16.4 Å². The van der Waals surface area contributed by atoms with Gasteiger partial charge in [-0.15, -0.1) is 0 Å². The van der Waals surface area contributed by atoms with Crippen LogP contribution in [0.15, 0.2) is 24.5 Å². The zero-order valence-corrected chi connectivity index (χ0v) is 14.6. The average Bonchev–Trinajstić information content (AvgIpc) is 3.10. The van der Waals surface area contributed by atoms with E-state index in [0.717, 1.165) is 49.9 Å². The van der Waals surface area contributed by atoms with Gasteiger partial charge in [0.2, 0.25) is 5.95 Å². The monoisotopic (exact) mass is 341 g/mol. The van der Waals surface area contributed by atoms with Crippen LogP contribution in [0.2, 0.25) is 0 Å². The summed E-state index contributed by atoms with van der Waals surface area (Å²) in [5, 5.41) is 4.28. The molecule has 4 N–H and O–H groups in total. The molecule has 0 aromatic carbocycles. The molecule has 0 amide bonds. The first-order valence-electron chi connectivity index (χ1n) is 9.30. The van der Waals surface area contributed by atoms with Crippen molar-refractivity contribution in [2.75, 3.05) is 23.7 Å². The summed E-state index contributed by atoms with van der Waals surface area (Å²) in [4.78, 5) is 11.3. The number of nitrogens with zero attached hydrogens (tertiary/aromatic N) is 5. The Bertz CT molecular complexity index is 685. The normalized spacial score (nSPS) is 24.3. The molecule has 1 saturated carbocycles. The second-order valence-corrected chi connectivity index (χ2v) is 7.43. The Balaban J connectivity index is 1.34. The third-order valence-electron chi connectivity index (χ3n) is 5.61. The Hall–Kier alpha value is -2.15. The lowest BCUT2D eigenvalue weighted by Crippen LogP contribution is -2.36. The molecule has 2 aromatic rings. The number of nitrogens with two attached hydrogens (primary N) is 2. The van der Waals surface area contributed by atoms with E-state index in [1.54, 1.807) is 0 Å². The van der Waals surface area contributed by atoms with Crippen LogP contribution in [0.25, 0.3) is 0 Å². The minimum atomic E-state index is 0.315. The highest BCUT2D eigenvalue weighted by atomic mass is 15.3. The Morgan fingerprint density at radius 3 is 2.64 bits per heavy atom. The maximum Gasteiger partial charge on any atom is 0.222 e. The van der Waals surface area contributed by atoms with Crippen molar-refractivity contribution in [2.24, 2.45) is 11.7 Å². The second-order valence-electron chi connectivity index (χ2n) is 7.43. The lowest BCUT2D eigenvalue weighted by Gasteiger charge is -2.35. The van der Waals surface area contributed by atoms with E-state index in [2.05, 4.69) is 26.0 Å². The maximum absolute atomic E-state index is 5.96. The van der Waals surface area contributed by atoms with Crippen LogP contribution in [-0.2, 0) is 6.54 Å². The topological polar surface area (TPSA) is 98.9 Å². The van der Waals surface area contributed by atoms with Gasteiger partial charge in [0, 0.05) is 50.1 Å². The number of nitrogen functional groups attached to an aromatic ring is 1. The highest BCUT2D eigenvalue weighted by molar-refractivity contribution is 5.45. The van der Waals surface area contributed by atoms with Gasteiger partial charge in [-0.25, -0.2) is 4.98 Å². The number of aryl methyl sites for hydroxylation is 1. The van der Waals surface area contributed by atoms with Crippen molar-refractivity contribution in [1.29, 1.82) is 0 Å². The fourth-order valence-corrected chi connectivity index (χ4v) is 3.94. The molecule has 0 radical (unpaired) electrons. The standard InChI is InChI=1S/C18H27N7/c19-15-10-14(11-15)16-12-17(23-18(20)22-16)24-7-2-13(3-8-24)4-9-25-6-1-5-21-25/h1,5-6,12-15H,2-4,7-11,19H2,(H2,20,22,23). The van der Waals surface area contributed by atoms with Gasteiger partial charge in [-0.05, 0) is 44.1 Å². The first-order chi connectivity index (χ1) is 12.2. The van der Waals surface area contributed by atoms with Gasteiger partial charge < -0.3 is 16.4 Å². The molecule has 134 valence electrons. The van der Waals surface area contributed by atoms with Crippen molar-refractivity contribution in [3.8, 4) is 0 Å². The number of rotatable bonds is 5. The van der Waals surface area contributed by atoms with Crippen LogP contribution in [0.3, 0.4) is 0 Å². The molecular weight excluding hydrogens is 314 g/mol. The summed E-state index contributed by atoms with van der Waals surface area (Å²) in [6, 6.07) is 4.42. The molecule has 3 heterocycles. The van der Waals surface area contributed by atoms with Crippen molar-refractivity contribution < 1.29 is 0 Å². The van der Waals surface area contributed by atoms with E-state index >= 15 is 0 Å². The Kier molecular flexibility index (Phi) is 4.57. The molecule has 1 aliphatic carbocycles. The zero-order valence-electron chi connectivity index (χ0n) is 14.6. The third kappa shape index (κ3) is 3.76. The third-order valence-corrected chi connectivity index (χ3v) is 5.61. The highest BCUT2D eigenvalue weighted by Crippen LogP contribution is 2.36. The van der Waals surface area contributed by atoms with E-state index in [4.69, 9.17) is 11.5 Å². The van der Waals surface area contributed by atoms with Crippen LogP contribution in [0.4, 0.5) is 11.8 Å². The zero-order chi connectivity index (χ0) is 17.2. The fourth-order valence-electron chi connectivity index (χ4n) is 3.94. The van der Waals surface area contributed by atoms with E-state index in [1.165, 1.54) is 19.3 Å². The summed E-state index contributed by atoms with van der Waals surface area (Å²) in [6.45, 7) is 3.07. The molecule has 4 rings (SSSR count). The molecule has 7 nitrogen and oxygen atoms in total. The van der Waals surface area contributed by atoms with Gasteiger partial charge in [0.05, 0.1) is 5.69 Å². The van der Waals surface area contributed by atoms with E-state index in [0.29, 0.717) is 17.9 Å². The second kappa shape index (κ2) is 7.00. The number of piperidine rings is 1. The molecule has 2 fully saturated rings. The summed E-state index contributed by atoms with van der Waals surface area (Å²) >= 11 is 0. The van der Waals surface area contributed by atoms with E-state index in [-0.39, 0.29) is 0 Å². The molecule has 0 unspecified atom stereocenters. The minimum Gasteiger partial charge on any atom is -0.368 e. The number of hydrogen-bond donors (Lipinski definition) is 2. The van der Waals surface area contributed by atoms with Gasteiger partial charge in [-0.2, -0.15) is 10.1 Å². The van der Waals surface area contributed by atoms with Crippen molar-refractivity contribution in [2.45, 2.75) is 50.6 Å². The number of anilines is 2. The summed E-state index contributed by atoms with van der Waals surface area (Å²) < 4.78 is 2.02.